The Morgan fingerprint density at radius 3 is 1.55 bits per heavy atom. The van der Waals surface area contributed by atoms with Crippen LogP contribution in [0.1, 0.15) is 110 Å². The molecule has 0 aliphatic heterocycles. The summed E-state index contributed by atoms with van der Waals surface area (Å²) in [5.74, 6) is -0.302. The van der Waals surface area contributed by atoms with Gasteiger partial charge in [-0.2, -0.15) is 0 Å². The number of halogens is 1. The first-order chi connectivity index (χ1) is 14.2. The number of carbonyl (C=O) groups excluding carboxylic acids is 1. The Balaban J connectivity index is 1.77. The van der Waals surface area contributed by atoms with Crippen LogP contribution >= 0.6 is 0 Å². The summed E-state index contributed by atoms with van der Waals surface area (Å²) in [6.07, 6.45) is 21.5. The molecule has 0 atom stereocenters. The highest BCUT2D eigenvalue weighted by Crippen LogP contribution is 2.13. The molecule has 2 amide bonds. The minimum atomic E-state index is -0.302. The maximum atomic E-state index is 12.8. The van der Waals surface area contributed by atoms with Crippen LogP contribution in [0.4, 0.5) is 14.9 Å². The van der Waals surface area contributed by atoms with Crippen LogP contribution < -0.4 is 10.6 Å². The average Bonchev–Trinajstić information content (AvgIpc) is 2.72. The fourth-order valence-corrected chi connectivity index (χ4v) is 3.58. The molecule has 1 aromatic rings. The van der Waals surface area contributed by atoms with Gasteiger partial charge in [-0.15, -0.1) is 0 Å². The Hall–Kier alpha value is -1.58. The van der Waals surface area contributed by atoms with Crippen molar-refractivity contribution in [2.75, 3.05) is 11.9 Å². The molecule has 2 N–H and O–H groups in total. The molecule has 1 rings (SSSR count). The molecule has 0 saturated heterocycles. The van der Waals surface area contributed by atoms with Crippen molar-refractivity contribution < 1.29 is 9.18 Å². The number of hydrogen-bond acceptors (Lipinski definition) is 1. The first-order valence-corrected chi connectivity index (χ1v) is 12.0. The Labute approximate surface area is 178 Å². The Kier molecular flexibility index (Phi) is 16.2. The zero-order valence-electron chi connectivity index (χ0n) is 18.6. The normalized spacial score (nSPS) is 10.8. The van der Waals surface area contributed by atoms with Crippen LogP contribution in [0.3, 0.4) is 0 Å². The van der Waals surface area contributed by atoms with Gasteiger partial charge in [0.05, 0.1) is 0 Å². The first-order valence-electron chi connectivity index (χ1n) is 12.0. The van der Waals surface area contributed by atoms with Crippen LogP contribution in [0.25, 0.3) is 0 Å². The maximum Gasteiger partial charge on any atom is 0.319 e. The van der Waals surface area contributed by atoms with Gasteiger partial charge >= 0.3 is 6.03 Å². The third-order valence-corrected chi connectivity index (χ3v) is 5.42. The monoisotopic (exact) mass is 406 g/mol. The van der Waals surface area contributed by atoms with Crippen molar-refractivity contribution in [2.24, 2.45) is 0 Å². The Morgan fingerprint density at radius 2 is 1.10 bits per heavy atom. The number of nitrogens with one attached hydrogen (secondary N) is 2. The van der Waals surface area contributed by atoms with Crippen LogP contribution in [-0.2, 0) is 0 Å². The van der Waals surface area contributed by atoms with E-state index < -0.39 is 0 Å². The second-order valence-corrected chi connectivity index (χ2v) is 8.19. The number of unbranched alkanes of at least 4 members (excludes halogenated alkanes) is 15. The molecule has 4 heteroatoms. The largest absolute Gasteiger partial charge is 0.338 e. The quantitative estimate of drug-likeness (QED) is 0.237. The van der Waals surface area contributed by atoms with E-state index in [1.807, 2.05) is 0 Å². The number of urea groups is 1. The minimum Gasteiger partial charge on any atom is -0.338 e. The van der Waals surface area contributed by atoms with E-state index in [0.717, 1.165) is 12.8 Å². The average molecular weight is 407 g/mol. The molecule has 0 saturated carbocycles. The van der Waals surface area contributed by atoms with Crippen molar-refractivity contribution in [1.29, 1.82) is 0 Å². The molecular formula is C25H43FN2O. The standard InChI is InChI=1S/C25H43FN2O/c1-2-3-4-5-6-7-8-9-10-11-12-13-14-15-16-17-22-27-25(29)28-24-20-18-23(26)19-21-24/h18-21H,2-17,22H2,1H3,(H2,27,28,29). The van der Waals surface area contributed by atoms with Crippen molar-refractivity contribution in [3.05, 3.63) is 30.1 Å². The first kappa shape index (κ1) is 25.5. The molecule has 0 aromatic heterocycles. The smallest absolute Gasteiger partial charge is 0.319 e. The zero-order valence-corrected chi connectivity index (χ0v) is 18.6. The summed E-state index contributed by atoms with van der Waals surface area (Å²) in [5, 5.41) is 5.56. The SMILES string of the molecule is CCCCCCCCCCCCCCCCCCNC(=O)Nc1ccc(F)cc1. The van der Waals surface area contributed by atoms with Crippen molar-refractivity contribution in [2.45, 2.75) is 110 Å². The molecule has 29 heavy (non-hydrogen) atoms. The summed E-state index contributed by atoms with van der Waals surface area (Å²) < 4.78 is 12.8. The number of benzene rings is 1. The van der Waals surface area contributed by atoms with E-state index in [1.54, 1.807) is 12.1 Å². The molecular weight excluding hydrogens is 363 g/mol. The van der Waals surface area contributed by atoms with Gasteiger partial charge in [-0.05, 0) is 30.7 Å². The molecule has 0 bridgehead atoms. The lowest BCUT2D eigenvalue weighted by molar-refractivity contribution is 0.252. The van der Waals surface area contributed by atoms with E-state index in [4.69, 9.17) is 0 Å². The van der Waals surface area contributed by atoms with Crippen LogP contribution in [0.2, 0.25) is 0 Å². The van der Waals surface area contributed by atoms with E-state index in [2.05, 4.69) is 17.6 Å². The summed E-state index contributed by atoms with van der Waals surface area (Å²) in [4.78, 5) is 11.7. The lowest BCUT2D eigenvalue weighted by Crippen LogP contribution is -2.29. The number of anilines is 1. The van der Waals surface area contributed by atoms with E-state index in [1.165, 1.54) is 102 Å². The van der Waals surface area contributed by atoms with Gasteiger partial charge < -0.3 is 10.6 Å². The van der Waals surface area contributed by atoms with Crippen LogP contribution in [0.5, 0.6) is 0 Å². The van der Waals surface area contributed by atoms with E-state index in [9.17, 15) is 9.18 Å². The Bertz CT molecular complexity index is 504. The number of carbonyl (C=O) groups is 1. The van der Waals surface area contributed by atoms with Gasteiger partial charge in [-0.25, -0.2) is 9.18 Å². The molecule has 0 radical (unpaired) electrons. The summed E-state index contributed by atoms with van der Waals surface area (Å²) in [5.41, 5.74) is 0.607. The van der Waals surface area contributed by atoms with Gasteiger partial charge in [0.15, 0.2) is 0 Å². The van der Waals surface area contributed by atoms with Gasteiger partial charge in [0.2, 0.25) is 0 Å². The lowest BCUT2D eigenvalue weighted by Gasteiger charge is -2.07. The lowest BCUT2D eigenvalue weighted by atomic mass is 10.0. The number of amides is 2. The molecule has 0 heterocycles. The second kappa shape index (κ2) is 18.4. The van der Waals surface area contributed by atoms with Gasteiger partial charge in [0.25, 0.3) is 0 Å². The third-order valence-electron chi connectivity index (χ3n) is 5.42. The molecule has 0 aliphatic carbocycles. The molecule has 0 fully saturated rings. The summed E-state index contributed by atoms with van der Waals surface area (Å²) >= 11 is 0. The maximum absolute atomic E-state index is 12.8. The van der Waals surface area contributed by atoms with Gasteiger partial charge in [-0.1, -0.05) is 103 Å². The van der Waals surface area contributed by atoms with Crippen molar-refractivity contribution >= 4 is 11.7 Å². The van der Waals surface area contributed by atoms with E-state index in [0.29, 0.717) is 12.2 Å². The summed E-state index contributed by atoms with van der Waals surface area (Å²) in [6, 6.07) is 5.57. The molecule has 0 aliphatic rings. The Morgan fingerprint density at radius 1 is 0.690 bits per heavy atom. The highest BCUT2D eigenvalue weighted by Gasteiger charge is 2.01. The van der Waals surface area contributed by atoms with Crippen LogP contribution in [0.15, 0.2) is 24.3 Å². The molecule has 1 aromatic carbocycles. The number of rotatable bonds is 18. The minimum absolute atomic E-state index is 0.224. The highest BCUT2D eigenvalue weighted by molar-refractivity contribution is 5.89. The number of hydrogen-bond donors (Lipinski definition) is 2. The van der Waals surface area contributed by atoms with Crippen LogP contribution in [0, 0.1) is 5.82 Å². The summed E-state index contributed by atoms with van der Waals surface area (Å²) in [7, 11) is 0. The molecule has 0 unspecified atom stereocenters. The highest BCUT2D eigenvalue weighted by atomic mass is 19.1. The van der Waals surface area contributed by atoms with E-state index in [-0.39, 0.29) is 11.8 Å². The fourth-order valence-electron chi connectivity index (χ4n) is 3.58. The van der Waals surface area contributed by atoms with Gasteiger partial charge in [0, 0.05) is 12.2 Å². The predicted molar refractivity (Wildman–Crippen MR) is 123 cm³/mol. The molecule has 3 nitrogen and oxygen atoms in total. The topological polar surface area (TPSA) is 41.1 Å². The summed E-state index contributed by atoms with van der Waals surface area (Å²) in [6.45, 7) is 2.96. The predicted octanol–water partition coefficient (Wildman–Crippen LogP) is 8.21. The van der Waals surface area contributed by atoms with Gasteiger partial charge in [-0.3, -0.25) is 0 Å². The second-order valence-electron chi connectivity index (χ2n) is 8.19. The molecule has 0 spiro atoms. The molecule has 166 valence electrons. The third kappa shape index (κ3) is 16.0. The van der Waals surface area contributed by atoms with Crippen molar-refractivity contribution in [3.8, 4) is 0 Å². The zero-order chi connectivity index (χ0) is 21.0. The van der Waals surface area contributed by atoms with E-state index >= 15 is 0 Å². The van der Waals surface area contributed by atoms with Crippen molar-refractivity contribution in [3.63, 3.8) is 0 Å². The van der Waals surface area contributed by atoms with Gasteiger partial charge in [0.1, 0.15) is 5.82 Å². The van der Waals surface area contributed by atoms with Crippen LogP contribution in [-0.4, -0.2) is 12.6 Å². The fraction of sp³-hybridized carbons (Fsp3) is 0.720. The van der Waals surface area contributed by atoms with Crippen molar-refractivity contribution in [1.82, 2.24) is 5.32 Å².